The van der Waals surface area contributed by atoms with Crippen molar-refractivity contribution < 1.29 is 4.74 Å². The van der Waals surface area contributed by atoms with Gasteiger partial charge >= 0.3 is 0 Å². The molecule has 1 aromatic carbocycles. The fraction of sp³-hybridized carbons (Fsp3) is 0.667. The second kappa shape index (κ2) is 9.32. The van der Waals surface area contributed by atoms with E-state index in [0.717, 1.165) is 29.7 Å². The molecule has 0 atom stereocenters. The van der Waals surface area contributed by atoms with Gasteiger partial charge in [0, 0.05) is 5.02 Å². The van der Waals surface area contributed by atoms with E-state index in [1.54, 1.807) is 0 Å². The van der Waals surface area contributed by atoms with Crippen LogP contribution >= 0.6 is 11.6 Å². The van der Waals surface area contributed by atoms with E-state index in [2.05, 4.69) is 11.8 Å². The van der Waals surface area contributed by atoms with Gasteiger partial charge in [-0.1, -0.05) is 31.4 Å². The minimum Gasteiger partial charge on any atom is -0.494 e. The van der Waals surface area contributed by atoms with E-state index in [9.17, 15) is 0 Å². The van der Waals surface area contributed by atoms with Crippen LogP contribution < -0.4 is 4.74 Å². The van der Waals surface area contributed by atoms with Gasteiger partial charge in [-0.25, -0.2) is 0 Å². The van der Waals surface area contributed by atoms with E-state index < -0.39 is 0 Å². The predicted octanol–water partition coefficient (Wildman–Crippen LogP) is 5.01. The Balaban J connectivity index is 1.44. The molecule has 3 heteroatoms. The lowest BCUT2D eigenvalue weighted by Gasteiger charge is -2.30. The first-order valence-corrected chi connectivity index (χ1v) is 8.72. The third-order valence-electron chi connectivity index (χ3n) is 4.33. The topological polar surface area (TPSA) is 12.5 Å². The van der Waals surface area contributed by atoms with Crippen molar-refractivity contribution in [3.63, 3.8) is 0 Å². The van der Waals surface area contributed by atoms with Gasteiger partial charge in [-0.15, -0.1) is 0 Å². The van der Waals surface area contributed by atoms with Crippen LogP contribution in [-0.4, -0.2) is 31.1 Å². The average molecular weight is 310 g/mol. The normalized spacial score (nSPS) is 17.0. The van der Waals surface area contributed by atoms with Crippen LogP contribution in [0.3, 0.4) is 0 Å². The lowest BCUT2D eigenvalue weighted by molar-refractivity contribution is 0.188. The number of nitrogens with zero attached hydrogens (tertiary/aromatic N) is 1. The van der Waals surface area contributed by atoms with Crippen LogP contribution in [0.2, 0.25) is 5.02 Å². The highest BCUT2D eigenvalue weighted by atomic mass is 35.5. The number of hydrogen-bond acceptors (Lipinski definition) is 2. The van der Waals surface area contributed by atoms with Crippen molar-refractivity contribution in [3.05, 3.63) is 29.3 Å². The number of benzene rings is 1. The van der Waals surface area contributed by atoms with Gasteiger partial charge in [-0.05, 0) is 75.5 Å². The zero-order valence-electron chi connectivity index (χ0n) is 13.2. The van der Waals surface area contributed by atoms with Crippen molar-refractivity contribution in [2.75, 3.05) is 26.2 Å². The van der Waals surface area contributed by atoms with E-state index in [1.165, 1.54) is 51.7 Å². The minimum atomic E-state index is 0.759. The summed E-state index contributed by atoms with van der Waals surface area (Å²) < 4.78 is 5.70. The molecule has 1 aromatic rings. The summed E-state index contributed by atoms with van der Waals surface area (Å²) in [7, 11) is 0. The maximum absolute atomic E-state index is 5.84. The second-order valence-corrected chi connectivity index (χ2v) is 6.68. The zero-order chi connectivity index (χ0) is 14.9. The van der Waals surface area contributed by atoms with Crippen molar-refractivity contribution in [3.8, 4) is 5.75 Å². The minimum absolute atomic E-state index is 0.759. The Morgan fingerprint density at radius 1 is 1.05 bits per heavy atom. The molecule has 118 valence electrons. The number of unbranched alkanes of at least 4 members (excludes halogenated alkanes) is 3. The molecule has 21 heavy (non-hydrogen) atoms. The largest absolute Gasteiger partial charge is 0.494 e. The Hall–Kier alpha value is -0.730. The van der Waals surface area contributed by atoms with Gasteiger partial charge in [0.1, 0.15) is 5.75 Å². The Bertz CT molecular complexity index is 385. The smallest absolute Gasteiger partial charge is 0.119 e. The highest BCUT2D eigenvalue weighted by Crippen LogP contribution is 2.17. The van der Waals surface area contributed by atoms with Crippen molar-refractivity contribution in [2.45, 2.75) is 45.4 Å². The number of halogens is 1. The molecule has 0 amide bonds. The maximum Gasteiger partial charge on any atom is 0.119 e. The Kier molecular flexibility index (Phi) is 7.38. The number of hydrogen-bond donors (Lipinski definition) is 0. The van der Waals surface area contributed by atoms with Gasteiger partial charge in [-0.2, -0.15) is 0 Å². The molecule has 2 rings (SSSR count). The molecule has 0 N–H and O–H groups in total. The zero-order valence-corrected chi connectivity index (χ0v) is 13.9. The Labute approximate surface area is 134 Å². The van der Waals surface area contributed by atoms with Crippen LogP contribution in [0.5, 0.6) is 5.75 Å². The van der Waals surface area contributed by atoms with Gasteiger partial charge in [0.15, 0.2) is 0 Å². The number of ether oxygens (including phenoxy) is 1. The second-order valence-electron chi connectivity index (χ2n) is 6.24. The number of likely N-dealkylation sites (tertiary alicyclic amines) is 1. The third kappa shape index (κ3) is 6.71. The molecule has 0 bridgehead atoms. The summed E-state index contributed by atoms with van der Waals surface area (Å²) in [5.74, 6) is 1.85. The summed E-state index contributed by atoms with van der Waals surface area (Å²) >= 11 is 5.84. The summed E-state index contributed by atoms with van der Waals surface area (Å²) in [6, 6.07) is 7.60. The van der Waals surface area contributed by atoms with E-state index in [0.29, 0.717) is 0 Å². The van der Waals surface area contributed by atoms with E-state index >= 15 is 0 Å². The van der Waals surface area contributed by atoms with E-state index in [4.69, 9.17) is 16.3 Å². The Morgan fingerprint density at radius 3 is 2.43 bits per heavy atom. The highest BCUT2D eigenvalue weighted by Gasteiger charge is 2.14. The predicted molar refractivity (Wildman–Crippen MR) is 90.3 cm³/mol. The number of rotatable bonds is 8. The van der Waals surface area contributed by atoms with Gasteiger partial charge in [0.2, 0.25) is 0 Å². The first-order chi connectivity index (χ1) is 10.2. The van der Waals surface area contributed by atoms with Gasteiger partial charge < -0.3 is 9.64 Å². The van der Waals surface area contributed by atoms with Gasteiger partial charge in [0.25, 0.3) is 0 Å². The molecule has 1 fully saturated rings. The molecule has 0 unspecified atom stereocenters. The lowest BCUT2D eigenvalue weighted by Crippen LogP contribution is -2.33. The third-order valence-corrected chi connectivity index (χ3v) is 4.58. The maximum atomic E-state index is 5.84. The SMILES string of the molecule is CC1CCN(CCCCCCOc2ccc(Cl)cc2)CC1. The van der Waals surface area contributed by atoms with Crippen molar-refractivity contribution in [1.82, 2.24) is 4.90 Å². The van der Waals surface area contributed by atoms with Crippen molar-refractivity contribution in [2.24, 2.45) is 5.92 Å². The fourth-order valence-electron chi connectivity index (χ4n) is 2.80. The summed E-state index contributed by atoms with van der Waals surface area (Å²) in [6.45, 7) is 7.08. The molecule has 2 nitrogen and oxygen atoms in total. The molecule has 0 saturated carbocycles. The summed E-state index contributed by atoms with van der Waals surface area (Å²) in [5, 5.41) is 0.759. The van der Waals surface area contributed by atoms with Gasteiger partial charge in [0.05, 0.1) is 6.61 Å². The average Bonchev–Trinajstić information content (AvgIpc) is 2.50. The monoisotopic (exact) mass is 309 g/mol. The quantitative estimate of drug-likeness (QED) is 0.626. The summed E-state index contributed by atoms with van der Waals surface area (Å²) in [5.41, 5.74) is 0. The van der Waals surface area contributed by atoms with Crippen LogP contribution in [0.1, 0.15) is 45.4 Å². The molecule has 0 spiro atoms. The molecule has 0 aliphatic carbocycles. The van der Waals surface area contributed by atoms with Crippen molar-refractivity contribution >= 4 is 11.6 Å². The molecule has 1 aliphatic rings. The van der Waals surface area contributed by atoms with Gasteiger partial charge in [-0.3, -0.25) is 0 Å². The number of piperidine rings is 1. The standard InChI is InChI=1S/C18H28ClNO/c1-16-10-13-20(14-11-16)12-4-2-3-5-15-21-18-8-6-17(19)7-9-18/h6-9,16H,2-5,10-15H2,1H3. The molecular weight excluding hydrogens is 282 g/mol. The molecule has 0 radical (unpaired) electrons. The summed E-state index contributed by atoms with van der Waals surface area (Å²) in [4.78, 5) is 2.63. The first kappa shape index (κ1) is 16.6. The first-order valence-electron chi connectivity index (χ1n) is 8.35. The molecule has 1 saturated heterocycles. The molecule has 0 aromatic heterocycles. The van der Waals surface area contributed by atoms with Crippen LogP contribution in [0.15, 0.2) is 24.3 Å². The molecule has 1 aliphatic heterocycles. The highest BCUT2D eigenvalue weighted by molar-refractivity contribution is 6.30. The Morgan fingerprint density at radius 2 is 1.71 bits per heavy atom. The van der Waals surface area contributed by atoms with E-state index in [-0.39, 0.29) is 0 Å². The van der Waals surface area contributed by atoms with Crippen LogP contribution in [0.25, 0.3) is 0 Å². The van der Waals surface area contributed by atoms with Crippen LogP contribution in [-0.2, 0) is 0 Å². The van der Waals surface area contributed by atoms with Crippen molar-refractivity contribution in [1.29, 1.82) is 0 Å². The molecule has 1 heterocycles. The van der Waals surface area contributed by atoms with Crippen LogP contribution in [0.4, 0.5) is 0 Å². The fourth-order valence-corrected chi connectivity index (χ4v) is 2.92. The van der Waals surface area contributed by atoms with E-state index in [1.807, 2.05) is 24.3 Å². The van der Waals surface area contributed by atoms with Crippen LogP contribution in [0, 0.1) is 5.92 Å². The lowest BCUT2D eigenvalue weighted by atomic mass is 9.99. The summed E-state index contributed by atoms with van der Waals surface area (Å²) in [6.07, 6.45) is 7.81. The molecular formula is C18H28ClNO.